The summed E-state index contributed by atoms with van der Waals surface area (Å²) in [5, 5.41) is 4.93. The molecule has 1 aromatic heterocycles. The molecule has 0 radical (unpaired) electrons. The number of nitrogens with one attached hydrogen (secondary N) is 1. The number of hydrogen-bond donors (Lipinski definition) is 1. The van der Waals surface area contributed by atoms with Crippen molar-refractivity contribution in [2.24, 2.45) is 0 Å². The van der Waals surface area contributed by atoms with Crippen LogP contribution in [0.3, 0.4) is 0 Å². The number of thiophene rings is 1. The summed E-state index contributed by atoms with van der Waals surface area (Å²) in [6, 6.07) is 11.8. The fourth-order valence-corrected chi connectivity index (χ4v) is 2.58. The summed E-state index contributed by atoms with van der Waals surface area (Å²) in [5.74, 6) is 0.903. The van der Waals surface area contributed by atoms with Gasteiger partial charge in [-0.3, -0.25) is 4.79 Å². The highest BCUT2D eigenvalue weighted by Gasteiger charge is 2.09. The predicted molar refractivity (Wildman–Crippen MR) is 82.3 cm³/mol. The van der Waals surface area contributed by atoms with Crippen molar-refractivity contribution >= 4 is 17.2 Å². The normalized spacial score (nSPS) is 11.9. The molecule has 20 heavy (non-hydrogen) atoms. The predicted octanol–water partition coefficient (Wildman–Crippen LogP) is 3.18. The second-order valence-electron chi connectivity index (χ2n) is 4.80. The lowest BCUT2D eigenvalue weighted by atomic mass is 10.2. The lowest BCUT2D eigenvalue weighted by Crippen LogP contribution is -2.37. The van der Waals surface area contributed by atoms with Crippen molar-refractivity contribution in [2.45, 2.75) is 26.3 Å². The highest BCUT2D eigenvalue weighted by molar-refractivity contribution is 7.10. The van der Waals surface area contributed by atoms with Crippen LogP contribution in [0.1, 0.15) is 17.4 Å². The molecule has 1 amide bonds. The van der Waals surface area contributed by atoms with E-state index in [1.165, 1.54) is 0 Å². The van der Waals surface area contributed by atoms with Gasteiger partial charge in [-0.1, -0.05) is 24.3 Å². The zero-order valence-electron chi connectivity index (χ0n) is 11.8. The van der Waals surface area contributed by atoms with E-state index in [0.717, 1.165) is 16.2 Å². The molecule has 1 aromatic carbocycles. The minimum atomic E-state index is -0.0120. The lowest BCUT2D eigenvalue weighted by molar-refractivity contribution is -0.121. The molecule has 0 saturated heterocycles. The van der Waals surface area contributed by atoms with Crippen molar-refractivity contribution in [3.63, 3.8) is 0 Å². The molecule has 0 bridgehead atoms. The fraction of sp³-hybridized carbons (Fsp3) is 0.312. The average molecular weight is 289 g/mol. The monoisotopic (exact) mass is 289 g/mol. The van der Waals surface area contributed by atoms with Crippen LogP contribution in [-0.2, 0) is 11.2 Å². The molecule has 0 spiro atoms. The number of ether oxygens (including phenoxy) is 1. The van der Waals surface area contributed by atoms with Gasteiger partial charge in [0.25, 0.3) is 0 Å². The Morgan fingerprint density at radius 3 is 2.80 bits per heavy atom. The number of para-hydroxylation sites is 1. The van der Waals surface area contributed by atoms with Gasteiger partial charge in [-0.25, -0.2) is 0 Å². The highest BCUT2D eigenvalue weighted by atomic mass is 32.1. The zero-order valence-corrected chi connectivity index (χ0v) is 12.6. The Morgan fingerprint density at radius 2 is 2.10 bits per heavy atom. The number of carbonyl (C=O) groups excluding carboxylic acids is 1. The smallest absolute Gasteiger partial charge is 0.225 e. The summed E-state index contributed by atoms with van der Waals surface area (Å²) in [7, 11) is 0. The molecule has 1 atom stereocenters. The first-order valence-corrected chi connectivity index (χ1v) is 7.53. The van der Waals surface area contributed by atoms with E-state index in [2.05, 4.69) is 5.32 Å². The summed E-state index contributed by atoms with van der Waals surface area (Å²) in [6.45, 7) is 4.43. The number of aryl methyl sites for hydroxylation is 1. The van der Waals surface area contributed by atoms with Gasteiger partial charge in [0.2, 0.25) is 5.91 Å². The summed E-state index contributed by atoms with van der Waals surface area (Å²) in [5.41, 5.74) is 1.10. The van der Waals surface area contributed by atoms with E-state index < -0.39 is 0 Å². The van der Waals surface area contributed by atoms with Crippen LogP contribution in [0.2, 0.25) is 0 Å². The highest BCUT2D eigenvalue weighted by Crippen LogP contribution is 2.16. The maximum Gasteiger partial charge on any atom is 0.225 e. The Morgan fingerprint density at radius 1 is 1.30 bits per heavy atom. The quantitative estimate of drug-likeness (QED) is 0.887. The van der Waals surface area contributed by atoms with Gasteiger partial charge in [0.1, 0.15) is 12.4 Å². The standard InChI is InChI=1S/C16H19NO2S/c1-12-6-3-4-8-15(12)19-11-13(2)17-16(18)10-14-7-5-9-20-14/h3-9,13H,10-11H2,1-2H3,(H,17,18)/t13-/m0/s1. The summed E-state index contributed by atoms with van der Waals surface area (Å²) in [6.07, 6.45) is 0.437. The Balaban J connectivity index is 1.76. The number of benzene rings is 1. The average Bonchev–Trinajstić information content (AvgIpc) is 2.90. The van der Waals surface area contributed by atoms with Crippen LogP contribution < -0.4 is 10.1 Å². The Bertz CT molecular complexity index is 551. The molecule has 3 nitrogen and oxygen atoms in total. The summed E-state index contributed by atoms with van der Waals surface area (Å²) < 4.78 is 5.72. The van der Waals surface area contributed by atoms with Crippen LogP contribution in [-0.4, -0.2) is 18.6 Å². The topological polar surface area (TPSA) is 38.3 Å². The molecule has 0 unspecified atom stereocenters. The van der Waals surface area contributed by atoms with Gasteiger partial charge in [0.05, 0.1) is 12.5 Å². The molecule has 106 valence electrons. The van der Waals surface area contributed by atoms with Gasteiger partial charge < -0.3 is 10.1 Å². The van der Waals surface area contributed by atoms with E-state index in [-0.39, 0.29) is 11.9 Å². The van der Waals surface area contributed by atoms with Gasteiger partial charge >= 0.3 is 0 Å². The van der Waals surface area contributed by atoms with E-state index in [0.29, 0.717) is 13.0 Å². The van der Waals surface area contributed by atoms with Crippen LogP contribution in [0.25, 0.3) is 0 Å². The molecule has 1 N–H and O–H groups in total. The van der Waals surface area contributed by atoms with Crippen LogP contribution in [0.4, 0.5) is 0 Å². The second-order valence-corrected chi connectivity index (χ2v) is 5.83. The molecule has 0 aliphatic carbocycles. The van der Waals surface area contributed by atoms with Gasteiger partial charge in [0, 0.05) is 4.88 Å². The molecule has 0 saturated carbocycles. The molecule has 0 fully saturated rings. The van der Waals surface area contributed by atoms with Crippen molar-refractivity contribution in [3.05, 3.63) is 52.2 Å². The van der Waals surface area contributed by atoms with Crippen LogP contribution in [0, 0.1) is 6.92 Å². The number of amides is 1. The summed E-state index contributed by atoms with van der Waals surface area (Å²) in [4.78, 5) is 12.9. The molecule has 4 heteroatoms. The van der Waals surface area contributed by atoms with E-state index in [1.807, 2.05) is 55.6 Å². The van der Waals surface area contributed by atoms with Gasteiger partial charge in [-0.05, 0) is 36.9 Å². The van der Waals surface area contributed by atoms with Crippen LogP contribution >= 0.6 is 11.3 Å². The SMILES string of the molecule is Cc1ccccc1OC[C@H](C)NC(=O)Cc1cccs1. The minimum Gasteiger partial charge on any atom is -0.491 e. The van der Waals surface area contributed by atoms with Crippen molar-refractivity contribution in [3.8, 4) is 5.75 Å². The molecule has 1 heterocycles. The molecular formula is C16H19NO2S. The first kappa shape index (κ1) is 14.6. The second kappa shape index (κ2) is 7.10. The maximum absolute atomic E-state index is 11.8. The van der Waals surface area contributed by atoms with E-state index in [9.17, 15) is 4.79 Å². The van der Waals surface area contributed by atoms with E-state index in [4.69, 9.17) is 4.74 Å². The third-order valence-corrected chi connectivity index (χ3v) is 3.78. The molecule has 0 aliphatic rings. The molecule has 2 aromatic rings. The Kier molecular flexibility index (Phi) is 5.18. The third-order valence-electron chi connectivity index (χ3n) is 2.90. The van der Waals surface area contributed by atoms with Gasteiger partial charge in [-0.2, -0.15) is 0 Å². The zero-order chi connectivity index (χ0) is 14.4. The molecular weight excluding hydrogens is 270 g/mol. The first-order chi connectivity index (χ1) is 9.65. The first-order valence-electron chi connectivity index (χ1n) is 6.65. The van der Waals surface area contributed by atoms with Gasteiger partial charge in [-0.15, -0.1) is 11.3 Å². The van der Waals surface area contributed by atoms with Crippen molar-refractivity contribution in [2.75, 3.05) is 6.61 Å². The molecule has 2 rings (SSSR count). The number of carbonyl (C=O) groups is 1. The Hall–Kier alpha value is -1.81. The van der Waals surface area contributed by atoms with Crippen LogP contribution in [0.15, 0.2) is 41.8 Å². The minimum absolute atomic E-state index is 0.0120. The van der Waals surface area contributed by atoms with Crippen molar-refractivity contribution in [1.82, 2.24) is 5.32 Å². The fourth-order valence-electron chi connectivity index (χ4n) is 1.87. The summed E-state index contributed by atoms with van der Waals surface area (Å²) >= 11 is 1.60. The number of rotatable bonds is 6. The van der Waals surface area contributed by atoms with Crippen LogP contribution in [0.5, 0.6) is 5.75 Å². The van der Waals surface area contributed by atoms with Crippen molar-refractivity contribution < 1.29 is 9.53 Å². The largest absolute Gasteiger partial charge is 0.491 e. The number of hydrogen-bond acceptors (Lipinski definition) is 3. The van der Waals surface area contributed by atoms with Crippen molar-refractivity contribution in [1.29, 1.82) is 0 Å². The van der Waals surface area contributed by atoms with E-state index in [1.54, 1.807) is 11.3 Å². The van der Waals surface area contributed by atoms with E-state index >= 15 is 0 Å². The third kappa shape index (κ3) is 4.38. The Labute approximate surface area is 123 Å². The lowest BCUT2D eigenvalue weighted by Gasteiger charge is -2.16. The van der Waals surface area contributed by atoms with Gasteiger partial charge in [0.15, 0.2) is 0 Å². The molecule has 0 aliphatic heterocycles. The maximum atomic E-state index is 11.8.